The van der Waals surface area contributed by atoms with E-state index in [1.807, 2.05) is 0 Å². The van der Waals surface area contributed by atoms with Crippen molar-refractivity contribution in [1.29, 1.82) is 0 Å². The van der Waals surface area contributed by atoms with Crippen molar-refractivity contribution in [3.8, 4) is 5.75 Å². The summed E-state index contributed by atoms with van der Waals surface area (Å²) in [6.07, 6.45) is 1.65. The summed E-state index contributed by atoms with van der Waals surface area (Å²) in [4.78, 5) is 14.5. The molecule has 0 N–H and O–H groups in total. The highest BCUT2D eigenvalue weighted by Crippen LogP contribution is 2.32. The molecule has 5 nitrogen and oxygen atoms in total. The SMILES string of the molecule is COc1ccc(C(=O)N2CCO[C@H]3CC[C@H]2[C@@H]3OC)cc1F. The fraction of sp³-hybridized carbons (Fsp3) is 0.562. The van der Waals surface area contributed by atoms with Crippen LogP contribution in [-0.2, 0) is 9.47 Å². The maximum atomic E-state index is 13.8. The van der Waals surface area contributed by atoms with E-state index in [-0.39, 0.29) is 29.9 Å². The van der Waals surface area contributed by atoms with Crippen LogP contribution >= 0.6 is 0 Å². The number of amides is 1. The van der Waals surface area contributed by atoms with Gasteiger partial charge in [0.15, 0.2) is 11.6 Å². The number of hydrogen-bond acceptors (Lipinski definition) is 4. The van der Waals surface area contributed by atoms with Crippen molar-refractivity contribution >= 4 is 5.91 Å². The van der Waals surface area contributed by atoms with Gasteiger partial charge in [0, 0.05) is 19.2 Å². The Bertz CT molecular complexity index is 565. The van der Waals surface area contributed by atoms with Crippen molar-refractivity contribution in [1.82, 2.24) is 4.90 Å². The number of halogens is 1. The Morgan fingerprint density at radius 1 is 1.36 bits per heavy atom. The zero-order chi connectivity index (χ0) is 15.7. The van der Waals surface area contributed by atoms with E-state index < -0.39 is 5.82 Å². The first-order valence-corrected chi connectivity index (χ1v) is 7.44. The Morgan fingerprint density at radius 3 is 2.86 bits per heavy atom. The number of fused-ring (bicyclic) bond motifs is 2. The van der Waals surface area contributed by atoms with Crippen LogP contribution in [0.2, 0.25) is 0 Å². The molecule has 1 aromatic rings. The summed E-state index contributed by atoms with van der Waals surface area (Å²) in [6, 6.07) is 4.27. The zero-order valence-corrected chi connectivity index (χ0v) is 12.8. The molecule has 0 unspecified atom stereocenters. The monoisotopic (exact) mass is 309 g/mol. The Morgan fingerprint density at radius 2 is 2.18 bits per heavy atom. The Kier molecular flexibility index (Phi) is 4.31. The van der Waals surface area contributed by atoms with E-state index in [1.165, 1.54) is 19.2 Å². The van der Waals surface area contributed by atoms with Gasteiger partial charge in [-0.25, -0.2) is 4.39 Å². The van der Waals surface area contributed by atoms with E-state index in [9.17, 15) is 9.18 Å². The van der Waals surface area contributed by atoms with Crippen molar-refractivity contribution in [3.05, 3.63) is 29.6 Å². The highest BCUT2D eigenvalue weighted by molar-refractivity contribution is 5.94. The van der Waals surface area contributed by atoms with Gasteiger partial charge in [0.1, 0.15) is 6.10 Å². The van der Waals surface area contributed by atoms with Crippen LogP contribution in [-0.4, -0.2) is 56.4 Å². The van der Waals surface area contributed by atoms with Crippen molar-refractivity contribution in [3.63, 3.8) is 0 Å². The van der Waals surface area contributed by atoms with Crippen LogP contribution in [0.5, 0.6) is 5.75 Å². The molecule has 3 rings (SSSR count). The van der Waals surface area contributed by atoms with Crippen LogP contribution in [0.3, 0.4) is 0 Å². The van der Waals surface area contributed by atoms with E-state index in [1.54, 1.807) is 18.1 Å². The number of rotatable bonds is 3. The van der Waals surface area contributed by atoms with Crippen molar-refractivity contribution in [2.45, 2.75) is 31.1 Å². The topological polar surface area (TPSA) is 48.0 Å². The van der Waals surface area contributed by atoms with Crippen LogP contribution in [0.1, 0.15) is 23.2 Å². The first-order chi connectivity index (χ1) is 10.7. The second kappa shape index (κ2) is 6.22. The van der Waals surface area contributed by atoms with E-state index >= 15 is 0 Å². The standard InChI is InChI=1S/C16H20FNO4/c1-20-13-5-3-10(9-11(13)17)16(19)18-7-8-22-14-6-4-12(18)15(14)21-2/h3,5,9,12,14-15H,4,6-8H2,1-2H3/t12-,14-,15-/m0/s1. The van der Waals surface area contributed by atoms with Crippen molar-refractivity contribution in [2.24, 2.45) is 0 Å². The first kappa shape index (κ1) is 15.2. The molecule has 1 saturated heterocycles. The number of hydrogen-bond donors (Lipinski definition) is 0. The van der Waals surface area contributed by atoms with Gasteiger partial charge in [-0.1, -0.05) is 0 Å². The molecule has 1 aromatic carbocycles. The third kappa shape index (κ3) is 2.57. The Balaban J connectivity index is 1.85. The highest BCUT2D eigenvalue weighted by Gasteiger charge is 2.44. The van der Waals surface area contributed by atoms with Gasteiger partial charge in [0.25, 0.3) is 5.91 Å². The van der Waals surface area contributed by atoms with Gasteiger partial charge in [-0.05, 0) is 31.0 Å². The molecular weight excluding hydrogens is 289 g/mol. The summed E-state index contributed by atoms with van der Waals surface area (Å²) in [7, 11) is 3.04. The molecule has 2 fully saturated rings. The van der Waals surface area contributed by atoms with Gasteiger partial charge in [-0.3, -0.25) is 4.79 Å². The second-order valence-corrected chi connectivity index (χ2v) is 5.60. The molecule has 1 heterocycles. The lowest BCUT2D eigenvalue weighted by molar-refractivity contribution is -0.0316. The molecule has 3 atom stereocenters. The summed E-state index contributed by atoms with van der Waals surface area (Å²) in [5, 5.41) is 0. The van der Waals surface area contributed by atoms with Crippen LogP contribution in [0.25, 0.3) is 0 Å². The summed E-state index contributed by atoms with van der Waals surface area (Å²) in [5.74, 6) is -0.599. The molecule has 2 aliphatic rings. The zero-order valence-electron chi connectivity index (χ0n) is 12.8. The van der Waals surface area contributed by atoms with E-state index in [2.05, 4.69) is 0 Å². The quantitative estimate of drug-likeness (QED) is 0.855. The maximum absolute atomic E-state index is 13.8. The summed E-state index contributed by atoms with van der Waals surface area (Å²) in [6.45, 7) is 0.971. The minimum Gasteiger partial charge on any atom is -0.494 e. The molecule has 22 heavy (non-hydrogen) atoms. The fourth-order valence-electron chi connectivity index (χ4n) is 3.42. The van der Waals surface area contributed by atoms with Gasteiger partial charge in [0.2, 0.25) is 0 Å². The van der Waals surface area contributed by atoms with Crippen LogP contribution in [0.15, 0.2) is 18.2 Å². The number of nitrogens with zero attached hydrogens (tertiary/aromatic N) is 1. The molecule has 1 saturated carbocycles. The minimum absolute atomic E-state index is 0.0184. The third-order valence-electron chi connectivity index (χ3n) is 4.49. The molecule has 0 radical (unpaired) electrons. The average molecular weight is 309 g/mol. The van der Waals surface area contributed by atoms with Crippen molar-refractivity contribution < 1.29 is 23.4 Å². The van der Waals surface area contributed by atoms with Gasteiger partial charge >= 0.3 is 0 Å². The lowest BCUT2D eigenvalue weighted by Gasteiger charge is -2.30. The third-order valence-corrected chi connectivity index (χ3v) is 4.49. The summed E-state index contributed by atoms with van der Waals surface area (Å²) < 4.78 is 30.0. The van der Waals surface area contributed by atoms with Gasteiger partial charge < -0.3 is 19.1 Å². The largest absolute Gasteiger partial charge is 0.494 e. The fourth-order valence-corrected chi connectivity index (χ4v) is 3.42. The normalized spacial score (nSPS) is 27.6. The van der Waals surface area contributed by atoms with E-state index in [0.717, 1.165) is 12.8 Å². The predicted molar refractivity (Wildman–Crippen MR) is 77.5 cm³/mol. The first-order valence-electron chi connectivity index (χ1n) is 7.44. The Hall–Kier alpha value is -1.66. The number of ether oxygens (including phenoxy) is 3. The van der Waals surface area contributed by atoms with E-state index in [4.69, 9.17) is 14.2 Å². The van der Waals surface area contributed by atoms with Crippen LogP contribution in [0.4, 0.5) is 4.39 Å². The second-order valence-electron chi connectivity index (χ2n) is 5.60. The molecule has 1 aliphatic carbocycles. The maximum Gasteiger partial charge on any atom is 0.254 e. The highest BCUT2D eigenvalue weighted by atomic mass is 19.1. The molecule has 0 aromatic heterocycles. The molecular formula is C16H20FNO4. The number of carbonyl (C=O) groups excluding carboxylic acids is 1. The van der Waals surface area contributed by atoms with Gasteiger partial charge in [-0.2, -0.15) is 0 Å². The summed E-state index contributed by atoms with van der Waals surface area (Å²) >= 11 is 0. The molecule has 0 spiro atoms. The molecule has 1 amide bonds. The number of methoxy groups -OCH3 is 2. The average Bonchev–Trinajstić information content (AvgIpc) is 2.82. The Labute approximate surface area is 128 Å². The predicted octanol–water partition coefficient (Wildman–Crippen LogP) is 1.85. The smallest absolute Gasteiger partial charge is 0.254 e. The van der Waals surface area contributed by atoms with Gasteiger partial charge in [0.05, 0.1) is 25.9 Å². The van der Waals surface area contributed by atoms with Crippen LogP contribution < -0.4 is 4.74 Å². The summed E-state index contributed by atoms with van der Waals surface area (Å²) in [5.41, 5.74) is 0.318. The van der Waals surface area contributed by atoms with E-state index in [0.29, 0.717) is 18.7 Å². The molecule has 6 heteroatoms. The lowest BCUT2D eigenvalue weighted by Crippen LogP contribution is -2.46. The number of carbonyl (C=O) groups is 1. The number of benzene rings is 1. The lowest BCUT2D eigenvalue weighted by atomic mass is 10.1. The van der Waals surface area contributed by atoms with Gasteiger partial charge in [-0.15, -0.1) is 0 Å². The molecule has 2 bridgehead atoms. The molecule has 1 aliphatic heterocycles. The minimum atomic E-state index is -0.535. The van der Waals surface area contributed by atoms with Crippen molar-refractivity contribution in [2.75, 3.05) is 27.4 Å². The van der Waals surface area contributed by atoms with Crippen LogP contribution in [0, 0.1) is 5.82 Å². The molecule has 120 valence electrons.